The Bertz CT molecular complexity index is 798. The second-order valence-corrected chi connectivity index (χ2v) is 5.86. The number of rotatable bonds is 3. The number of anilines is 1. The van der Waals surface area contributed by atoms with Gasteiger partial charge in [-0.1, -0.05) is 64.1 Å². The third kappa shape index (κ3) is 3.75. The molecule has 0 fully saturated rings. The first-order chi connectivity index (χ1) is 10.4. The van der Waals surface area contributed by atoms with E-state index in [2.05, 4.69) is 15.5 Å². The Morgan fingerprint density at radius 2 is 1.86 bits per heavy atom. The average molecular weight is 394 g/mol. The van der Waals surface area contributed by atoms with E-state index in [1.54, 1.807) is 18.2 Å². The van der Waals surface area contributed by atoms with E-state index in [-0.39, 0.29) is 26.6 Å². The van der Waals surface area contributed by atoms with E-state index in [0.29, 0.717) is 15.6 Å². The molecule has 0 bridgehead atoms. The largest absolute Gasteiger partial charge is 0.260 e. The summed E-state index contributed by atoms with van der Waals surface area (Å²) in [7, 11) is 0. The Morgan fingerprint density at radius 1 is 1.14 bits per heavy atom. The lowest BCUT2D eigenvalue weighted by molar-refractivity contribution is 1.22. The van der Waals surface area contributed by atoms with Gasteiger partial charge < -0.3 is 0 Å². The van der Waals surface area contributed by atoms with Crippen molar-refractivity contribution in [2.45, 2.75) is 0 Å². The van der Waals surface area contributed by atoms with Crippen molar-refractivity contribution in [3.8, 4) is 6.07 Å². The molecule has 0 spiro atoms. The fourth-order valence-corrected chi connectivity index (χ4v) is 2.57. The fourth-order valence-electron chi connectivity index (χ4n) is 1.45. The number of halogens is 5. The molecule has 1 aromatic heterocycles. The van der Waals surface area contributed by atoms with E-state index in [4.69, 9.17) is 63.3 Å². The van der Waals surface area contributed by atoms with Crippen molar-refractivity contribution in [3.63, 3.8) is 0 Å². The average Bonchev–Trinajstić information content (AvgIpc) is 2.47. The first-order valence-electron chi connectivity index (χ1n) is 5.62. The highest BCUT2D eigenvalue weighted by Gasteiger charge is 2.15. The molecule has 9 heteroatoms. The van der Waals surface area contributed by atoms with E-state index in [1.807, 2.05) is 6.07 Å². The summed E-state index contributed by atoms with van der Waals surface area (Å²) in [4.78, 5) is 3.92. The third-order valence-corrected chi connectivity index (χ3v) is 4.16. The van der Waals surface area contributed by atoms with Crippen molar-refractivity contribution in [3.05, 3.63) is 54.6 Å². The highest BCUT2D eigenvalue weighted by molar-refractivity contribution is 6.45. The Balaban J connectivity index is 2.25. The zero-order chi connectivity index (χ0) is 16.3. The summed E-state index contributed by atoms with van der Waals surface area (Å²) < 4.78 is 0. The maximum Gasteiger partial charge on any atom is 0.168 e. The van der Waals surface area contributed by atoms with Crippen molar-refractivity contribution >= 4 is 70.0 Å². The quantitative estimate of drug-likeness (QED) is 0.415. The number of hydrogen-bond acceptors (Lipinski definition) is 4. The van der Waals surface area contributed by atoms with Gasteiger partial charge in [0.15, 0.2) is 11.0 Å². The van der Waals surface area contributed by atoms with E-state index in [1.165, 1.54) is 6.21 Å². The molecular weight excluding hydrogens is 389 g/mol. The predicted molar refractivity (Wildman–Crippen MR) is 91.7 cm³/mol. The summed E-state index contributed by atoms with van der Waals surface area (Å²) in [6.07, 6.45) is 1.46. The maximum absolute atomic E-state index is 8.90. The fraction of sp³-hybridized carbons (Fsp3) is 0. The monoisotopic (exact) mass is 392 g/mol. The highest BCUT2D eigenvalue weighted by atomic mass is 35.5. The Hall–Kier alpha value is -1.22. The number of nitriles is 1. The van der Waals surface area contributed by atoms with Gasteiger partial charge in [0.25, 0.3) is 0 Å². The Kier molecular flexibility index (Phi) is 5.74. The molecule has 2 aromatic rings. The van der Waals surface area contributed by atoms with Crippen LogP contribution in [0.4, 0.5) is 5.82 Å². The molecule has 0 amide bonds. The van der Waals surface area contributed by atoms with Crippen LogP contribution >= 0.6 is 58.0 Å². The molecule has 0 aliphatic carbocycles. The molecule has 0 atom stereocenters. The van der Waals surface area contributed by atoms with Crippen LogP contribution in [0.1, 0.15) is 11.1 Å². The molecule has 4 nitrogen and oxygen atoms in total. The zero-order valence-corrected chi connectivity index (χ0v) is 14.3. The van der Waals surface area contributed by atoms with Crippen LogP contribution in [-0.4, -0.2) is 11.2 Å². The SMILES string of the molecule is N#Cc1c(Cl)nc(N/N=C/c2ccc(Cl)cc2Cl)c(Cl)c1Cl. The lowest BCUT2D eigenvalue weighted by Crippen LogP contribution is -1.98. The van der Waals surface area contributed by atoms with Gasteiger partial charge in [-0.05, 0) is 12.1 Å². The minimum Gasteiger partial charge on any atom is -0.260 e. The van der Waals surface area contributed by atoms with Gasteiger partial charge >= 0.3 is 0 Å². The van der Waals surface area contributed by atoms with Gasteiger partial charge in [-0.15, -0.1) is 0 Å². The van der Waals surface area contributed by atoms with Crippen LogP contribution in [0, 0.1) is 11.3 Å². The third-order valence-electron chi connectivity index (χ3n) is 2.48. The first-order valence-corrected chi connectivity index (χ1v) is 7.51. The summed E-state index contributed by atoms with van der Waals surface area (Å²) in [5.41, 5.74) is 3.24. The molecule has 112 valence electrons. The van der Waals surface area contributed by atoms with E-state index >= 15 is 0 Å². The summed E-state index contributed by atoms with van der Waals surface area (Å²) in [6, 6.07) is 6.78. The smallest absolute Gasteiger partial charge is 0.168 e. The molecule has 0 radical (unpaired) electrons. The lowest BCUT2D eigenvalue weighted by Gasteiger charge is -2.07. The number of benzene rings is 1. The number of hydrogen-bond donors (Lipinski definition) is 1. The van der Waals surface area contributed by atoms with Crippen molar-refractivity contribution in [1.82, 2.24) is 4.98 Å². The maximum atomic E-state index is 8.90. The topological polar surface area (TPSA) is 61.1 Å². The van der Waals surface area contributed by atoms with Gasteiger partial charge in [-0.3, -0.25) is 5.43 Å². The molecule has 1 N–H and O–H groups in total. The van der Waals surface area contributed by atoms with Crippen LogP contribution in [-0.2, 0) is 0 Å². The van der Waals surface area contributed by atoms with Crippen LogP contribution in [0.2, 0.25) is 25.2 Å². The molecule has 2 rings (SSSR count). The van der Waals surface area contributed by atoms with Crippen LogP contribution in [0.5, 0.6) is 0 Å². The van der Waals surface area contributed by atoms with E-state index < -0.39 is 0 Å². The number of hydrazone groups is 1. The lowest BCUT2D eigenvalue weighted by atomic mass is 10.2. The Morgan fingerprint density at radius 3 is 2.50 bits per heavy atom. The van der Waals surface area contributed by atoms with Gasteiger partial charge in [0.2, 0.25) is 0 Å². The minimum atomic E-state index is -0.0703. The second-order valence-electron chi connectivity index (χ2n) is 3.90. The van der Waals surface area contributed by atoms with Gasteiger partial charge in [0.05, 0.1) is 16.3 Å². The normalized spacial score (nSPS) is 10.7. The summed E-state index contributed by atoms with van der Waals surface area (Å²) >= 11 is 29.6. The van der Waals surface area contributed by atoms with Crippen molar-refractivity contribution in [2.24, 2.45) is 5.10 Å². The molecule has 0 unspecified atom stereocenters. The Labute approximate surface area is 151 Å². The number of nitrogens with zero attached hydrogens (tertiary/aromatic N) is 3. The van der Waals surface area contributed by atoms with E-state index in [0.717, 1.165) is 0 Å². The molecular formula is C13H5Cl5N4. The molecule has 1 heterocycles. The molecule has 22 heavy (non-hydrogen) atoms. The van der Waals surface area contributed by atoms with Crippen LogP contribution in [0.15, 0.2) is 23.3 Å². The predicted octanol–water partition coefficient (Wildman–Crippen LogP) is 5.67. The van der Waals surface area contributed by atoms with Crippen LogP contribution in [0.3, 0.4) is 0 Å². The first kappa shape index (κ1) is 17.1. The second kappa shape index (κ2) is 7.36. The number of nitrogens with one attached hydrogen (secondary N) is 1. The molecule has 0 aliphatic heterocycles. The highest BCUT2D eigenvalue weighted by Crippen LogP contribution is 2.34. The van der Waals surface area contributed by atoms with Gasteiger partial charge in [-0.25, -0.2) is 4.98 Å². The molecule has 1 aromatic carbocycles. The summed E-state index contributed by atoms with van der Waals surface area (Å²) in [5.74, 6) is 0.122. The summed E-state index contributed by atoms with van der Waals surface area (Å²) in [5, 5.41) is 13.8. The van der Waals surface area contributed by atoms with Crippen LogP contribution < -0.4 is 5.43 Å². The van der Waals surface area contributed by atoms with Crippen molar-refractivity contribution < 1.29 is 0 Å². The standard InChI is InChI=1S/C13H5Cl5N4/c14-7-2-1-6(9(15)3-7)5-20-22-13-11(17)10(16)8(4-19)12(18)21-13/h1-3,5H,(H,21,22)/b20-5+. The van der Waals surface area contributed by atoms with Gasteiger partial charge in [0, 0.05) is 10.6 Å². The minimum absolute atomic E-state index is 0.00334. The van der Waals surface area contributed by atoms with E-state index in [9.17, 15) is 0 Å². The van der Waals surface area contributed by atoms with Crippen molar-refractivity contribution in [2.75, 3.05) is 5.43 Å². The summed E-state index contributed by atoms with van der Waals surface area (Å²) in [6.45, 7) is 0. The van der Waals surface area contributed by atoms with Gasteiger partial charge in [-0.2, -0.15) is 10.4 Å². The molecule has 0 saturated heterocycles. The van der Waals surface area contributed by atoms with Crippen molar-refractivity contribution in [1.29, 1.82) is 5.26 Å². The molecule has 0 aliphatic rings. The number of aromatic nitrogens is 1. The molecule has 0 saturated carbocycles. The zero-order valence-electron chi connectivity index (χ0n) is 10.5. The number of pyridine rings is 1. The van der Waals surface area contributed by atoms with Crippen LogP contribution in [0.25, 0.3) is 0 Å². The van der Waals surface area contributed by atoms with Gasteiger partial charge in [0.1, 0.15) is 16.7 Å².